The summed E-state index contributed by atoms with van der Waals surface area (Å²) in [6.45, 7) is 6.74. The maximum Gasteiger partial charge on any atom is 0.251 e. The van der Waals surface area contributed by atoms with Crippen LogP contribution in [0.4, 0.5) is 0 Å². The summed E-state index contributed by atoms with van der Waals surface area (Å²) in [5, 5.41) is 2.97. The van der Waals surface area contributed by atoms with Gasteiger partial charge in [0.15, 0.2) is 6.29 Å². The predicted octanol–water partition coefficient (Wildman–Crippen LogP) is 2.44. The standard InChI is InChI=1S/C21H30N2O4/c1-3-15(2)18(22-19(24)16-7-5-4-6-8-16)20(25)23-11-9-17(10-12-23)21-26-13-14-27-21/h4-8,15,17-18,21H,3,9-14H2,1-2H3,(H,22,24). The summed E-state index contributed by atoms with van der Waals surface area (Å²) in [4.78, 5) is 27.6. The number of nitrogens with zero attached hydrogens (tertiary/aromatic N) is 1. The highest BCUT2D eigenvalue weighted by molar-refractivity contribution is 5.97. The molecule has 0 saturated carbocycles. The fourth-order valence-corrected chi connectivity index (χ4v) is 3.73. The molecule has 2 unspecified atom stereocenters. The molecule has 6 nitrogen and oxygen atoms in total. The van der Waals surface area contributed by atoms with Crippen LogP contribution < -0.4 is 5.32 Å². The van der Waals surface area contributed by atoms with Crippen LogP contribution in [0.1, 0.15) is 43.5 Å². The minimum atomic E-state index is -0.502. The summed E-state index contributed by atoms with van der Waals surface area (Å²) in [7, 11) is 0. The Labute approximate surface area is 161 Å². The molecule has 1 N–H and O–H groups in total. The lowest BCUT2D eigenvalue weighted by molar-refractivity contribution is -0.140. The zero-order valence-electron chi connectivity index (χ0n) is 16.2. The van der Waals surface area contributed by atoms with Crippen molar-refractivity contribution >= 4 is 11.8 Å². The molecule has 0 aliphatic carbocycles. The Bertz CT molecular complexity index is 622. The molecule has 2 amide bonds. The molecule has 148 valence electrons. The molecule has 1 aromatic rings. The van der Waals surface area contributed by atoms with Crippen LogP contribution in [-0.4, -0.2) is 55.3 Å². The Morgan fingerprint density at radius 2 is 1.78 bits per heavy atom. The van der Waals surface area contributed by atoms with Gasteiger partial charge in [-0.1, -0.05) is 38.5 Å². The Kier molecular flexibility index (Phi) is 6.85. The van der Waals surface area contributed by atoms with Gasteiger partial charge in [-0.3, -0.25) is 9.59 Å². The van der Waals surface area contributed by atoms with Crippen LogP contribution in [0, 0.1) is 11.8 Å². The summed E-state index contributed by atoms with van der Waals surface area (Å²) in [6.07, 6.45) is 2.45. The van der Waals surface area contributed by atoms with E-state index in [9.17, 15) is 9.59 Å². The van der Waals surface area contributed by atoms with Crippen LogP contribution in [0.5, 0.6) is 0 Å². The van der Waals surface area contributed by atoms with Crippen LogP contribution >= 0.6 is 0 Å². The quantitative estimate of drug-likeness (QED) is 0.830. The molecule has 1 aromatic carbocycles. The van der Waals surface area contributed by atoms with Crippen molar-refractivity contribution in [2.45, 2.75) is 45.4 Å². The highest BCUT2D eigenvalue weighted by Gasteiger charge is 2.35. The minimum Gasteiger partial charge on any atom is -0.350 e. The van der Waals surface area contributed by atoms with Gasteiger partial charge in [0.05, 0.1) is 13.2 Å². The molecule has 2 saturated heterocycles. The second-order valence-electron chi connectivity index (χ2n) is 7.48. The molecule has 0 radical (unpaired) electrons. The van der Waals surface area contributed by atoms with Crippen LogP contribution in [0.3, 0.4) is 0 Å². The molecule has 2 atom stereocenters. The SMILES string of the molecule is CCC(C)C(NC(=O)c1ccccc1)C(=O)N1CCC(C2OCCO2)CC1. The van der Waals surface area contributed by atoms with Crippen LogP contribution in [-0.2, 0) is 14.3 Å². The van der Waals surface area contributed by atoms with Gasteiger partial charge in [-0.05, 0) is 30.9 Å². The first kappa shape index (κ1) is 19.8. The van der Waals surface area contributed by atoms with Gasteiger partial charge in [0.25, 0.3) is 5.91 Å². The van der Waals surface area contributed by atoms with Gasteiger partial charge in [-0.25, -0.2) is 0 Å². The van der Waals surface area contributed by atoms with E-state index in [0.717, 1.165) is 19.3 Å². The van der Waals surface area contributed by atoms with E-state index >= 15 is 0 Å². The number of likely N-dealkylation sites (tertiary alicyclic amines) is 1. The van der Waals surface area contributed by atoms with E-state index in [-0.39, 0.29) is 24.0 Å². The highest BCUT2D eigenvalue weighted by Crippen LogP contribution is 2.26. The normalized spacial score (nSPS) is 21.0. The smallest absolute Gasteiger partial charge is 0.251 e. The number of carbonyl (C=O) groups is 2. The maximum absolute atomic E-state index is 13.1. The second kappa shape index (κ2) is 9.33. The fraction of sp³-hybridized carbons (Fsp3) is 0.619. The van der Waals surface area contributed by atoms with Crippen LogP contribution in [0.25, 0.3) is 0 Å². The zero-order valence-corrected chi connectivity index (χ0v) is 16.2. The fourth-order valence-electron chi connectivity index (χ4n) is 3.73. The minimum absolute atomic E-state index is 0.0142. The Morgan fingerprint density at radius 1 is 1.15 bits per heavy atom. The zero-order chi connectivity index (χ0) is 19.2. The van der Waals surface area contributed by atoms with Crippen molar-refractivity contribution in [2.75, 3.05) is 26.3 Å². The van der Waals surface area contributed by atoms with E-state index in [2.05, 4.69) is 5.32 Å². The van der Waals surface area contributed by atoms with Gasteiger partial charge < -0.3 is 19.7 Å². The average Bonchev–Trinajstić information content (AvgIpc) is 3.26. The van der Waals surface area contributed by atoms with Crippen molar-refractivity contribution < 1.29 is 19.1 Å². The number of benzene rings is 1. The summed E-state index contributed by atoms with van der Waals surface area (Å²) in [6, 6.07) is 8.55. The lowest BCUT2D eigenvalue weighted by atomic mass is 9.93. The lowest BCUT2D eigenvalue weighted by Gasteiger charge is -2.37. The van der Waals surface area contributed by atoms with Crippen LogP contribution in [0.15, 0.2) is 30.3 Å². The number of hydrogen-bond donors (Lipinski definition) is 1. The van der Waals surface area contributed by atoms with E-state index in [1.54, 1.807) is 12.1 Å². The first-order chi connectivity index (χ1) is 13.1. The average molecular weight is 374 g/mol. The molecule has 2 heterocycles. The van der Waals surface area contributed by atoms with E-state index < -0.39 is 6.04 Å². The Hall–Kier alpha value is -1.92. The molecule has 27 heavy (non-hydrogen) atoms. The molecule has 0 spiro atoms. The molecular weight excluding hydrogens is 344 g/mol. The summed E-state index contributed by atoms with van der Waals surface area (Å²) in [5.41, 5.74) is 0.577. The summed E-state index contributed by atoms with van der Waals surface area (Å²) in [5.74, 6) is 0.235. The van der Waals surface area contributed by atoms with Crippen molar-refractivity contribution in [1.29, 1.82) is 0 Å². The molecule has 6 heteroatoms. The van der Waals surface area contributed by atoms with E-state index in [1.807, 2.05) is 36.9 Å². The number of nitrogens with one attached hydrogen (secondary N) is 1. The second-order valence-corrected chi connectivity index (χ2v) is 7.48. The number of rotatable bonds is 6. The molecule has 0 bridgehead atoms. The van der Waals surface area contributed by atoms with Crippen molar-refractivity contribution in [3.05, 3.63) is 35.9 Å². The molecular formula is C21H30N2O4. The third kappa shape index (κ3) is 4.87. The van der Waals surface area contributed by atoms with Crippen LogP contribution in [0.2, 0.25) is 0 Å². The predicted molar refractivity (Wildman–Crippen MR) is 102 cm³/mol. The van der Waals surface area contributed by atoms with Gasteiger partial charge in [-0.2, -0.15) is 0 Å². The molecule has 2 fully saturated rings. The number of ether oxygens (including phenoxy) is 2. The number of amides is 2. The maximum atomic E-state index is 13.1. The number of hydrogen-bond acceptors (Lipinski definition) is 4. The topological polar surface area (TPSA) is 67.9 Å². The van der Waals surface area contributed by atoms with E-state index in [4.69, 9.17) is 9.47 Å². The Morgan fingerprint density at radius 3 is 2.37 bits per heavy atom. The molecule has 3 rings (SSSR count). The van der Waals surface area contributed by atoms with Gasteiger partial charge in [0.1, 0.15) is 6.04 Å². The van der Waals surface area contributed by atoms with Crippen molar-refractivity contribution in [3.63, 3.8) is 0 Å². The van der Waals surface area contributed by atoms with Gasteiger partial charge in [0.2, 0.25) is 5.91 Å². The largest absolute Gasteiger partial charge is 0.350 e. The Balaban J connectivity index is 1.61. The van der Waals surface area contributed by atoms with E-state index in [1.165, 1.54) is 0 Å². The van der Waals surface area contributed by atoms with E-state index in [0.29, 0.717) is 37.8 Å². The molecule has 2 aliphatic heterocycles. The van der Waals surface area contributed by atoms with Crippen molar-refractivity contribution in [3.8, 4) is 0 Å². The van der Waals surface area contributed by atoms with Gasteiger partial charge >= 0.3 is 0 Å². The highest BCUT2D eigenvalue weighted by atomic mass is 16.7. The lowest BCUT2D eigenvalue weighted by Crippen LogP contribution is -2.53. The number of piperidine rings is 1. The first-order valence-corrected chi connectivity index (χ1v) is 9.98. The summed E-state index contributed by atoms with van der Waals surface area (Å²) < 4.78 is 11.2. The first-order valence-electron chi connectivity index (χ1n) is 9.98. The summed E-state index contributed by atoms with van der Waals surface area (Å²) >= 11 is 0. The van der Waals surface area contributed by atoms with Gasteiger partial charge in [-0.15, -0.1) is 0 Å². The monoisotopic (exact) mass is 374 g/mol. The molecule has 0 aromatic heterocycles. The van der Waals surface area contributed by atoms with Crippen molar-refractivity contribution in [2.24, 2.45) is 11.8 Å². The molecule has 2 aliphatic rings. The number of carbonyl (C=O) groups excluding carboxylic acids is 2. The van der Waals surface area contributed by atoms with Gasteiger partial charge in [0, 0.05) is 24.6 Å². The van der Waals surface area contributed by atoms with Crippen molar-refractivity contribution in [1.82, 2.24) is 10.2 Å². The third-order valence-corrected chi connectivity index (χ3v) is 5.69. The third-order valence-electron chi connectivity index (χ3n) is 5.69.